The first kappa shape index (κ1) is 17.6. The topological polar surface area (TPSA) is 84.1 Å². The summed E-state index contributed by atoms with van der Waals surface area (Å²) in [6.45, 7) is 3.25. The number of esters is 1. The van der Waals surface area contributed by atoms with Gasteiger partial charge in [0.25, 0.3) is 5.91 Å². The van der Waals surface area contributed by atoms with Crippen LogP contribution in [0.3, 0.4) is 0 Å². The number of carbonyl (C=O) groups is 2. The molecular weight excluding hydrogens is 337 g/mol. The fourth-order valence-corrected chi connectivity index (χ4v) is 2.55. The second kappa shape index (κ2) is 7.35. The standard InChI is InChI=1S/C19H18FN3O3/c1-11(13-7-9-14(20)10-8-13)21-18(24)12(2)26-19(25)17-15-5-3-4-6-16(15)22-23-17/h3-12H,1-2H3,(H,21,24)(H,22,23)/t11-,12-/m0/s1. The zero-order valence-corrected chi connectivity index (χ0v) is 14.3. The van der Waals surface area contributed by atoms with E-state index >= 15 is 0 Å². The van der Waals surface area contributed by atoms with Crippen molar-refractivity contribution in [1.29, 1.82) is 0 Å². The van der Waals surface area contributed by atoms with Crippen LogP contribution in [0.1, 0.15) is 35.9 Å². The lowest BCUT2D eigenvalue weighted by molar-refractivity contribution is -0.129. The average Bonchev–Trinajstić information content (AvgIpc) is 3.06. The monoisotopic (exact) mass is 355 g/mol. The van der Waals surface area contributed by atoms with Crippen molar-refractivity contribution >= 4 is 22.8 Å². The Morgan fingerprint density at radius 1 is 1.12 bits per heavy atom. The second-order valence-corrected chi connectivity index (χ2v) is 5.95. The van der Waals surface area contributed by atoms with E-state index in [-0.39, 0.29) is 17.6 Å². The smallest absolute Gasteiger partial charge is 0.360 e. The van der Waals surface area contributed by atoms with Crippen LogP contribution < -0.4 is 5.32 Å². The first-order chi connectivity index (χ1) is 12.5. The molecule has 134 valence electrons. The summed E-state index contributed by atoms with van der Waals surface area (Å²) in [6.07, 6.45) is -0.999. The number of benzene rings is 2. The predicted octanol–water partition coefficient (Wildman–Crippen LogP) is 3.12. The summed E-state index contributed by atoms with van der Waals surface area (Å²) < 4.78 is 18.2. The minimum Gasteiger partial charge on any atom is -0.448 e. The summed E-state index contributed by atoms with van der Waals surface area (Å²) in [6, 6.07) is 12.6. The average molecular weight is 355 g/mol. The van der Waals surface area contributed by atoms with E-state index in [0.717, 1.165) is 5.56 Å². The number of hydrogen-bond acceptors (Lipinski definition) is 4. The molecule has 0 aliphatic heterocycles. The van der Waals surface area contributed by atoms with Crippen LogP contribution in [0.5, 0.6) is 0 Å². The highest BCUT2D eigenvalue weighted by atomic mass is 19.1. The maximum Gasteiger partial charge on any atom is 0.360 e. The molecule has 2 aromatic carbocycles. The maximum absolute atomic E-state index is 13.0. The first-order valence-electron chi connectivity index (χ1n) is 8.15. The number of aromatic amines is 1. The van der Waals surface area contributed by atoms with Gasteiger partial charge in [0.05, 0.1) is 11.6 Å². The van der Waals surface area contributed by atoms with E-state index in [9.17, 15) is 14.0 Å². The summed E-state index contributed by atoms with van der Waals surface area (Å²) in [4.78, 5) is 24.6. The molecule has 0 spiro atoms. The third kappa shape index (κ3) is 3.72. The maximum atomic E-state index is 13.0. The Kier molecular flexibility index (Phi) is 4.97. The van der Waals surface area contributed by atoms with Crippen molar-refractivity contribution in [2.75, 3.05) is 0 Å². The molecule has 7 heteroatoms. The molecule has 0 bridgehead atoms. The van der Waals surface area contributed by atoms with Crippen molar-refractivity contribution in [3.63, 3.8) is 0 Å². The SMILES string of the molecule is C[C@H](OC(=O)c1n[nH]c2ccccc12)C(=O)N[C@@H](C)c1ccc(F)cc1. The lowest BCUT2D eigenvalue weighted by atomic mass is 10.1. The Labute approximate surface area is 149 Å². The van der Waals surface area contributed by atoms with Gasteiger partial charge in [0.15, 0.2) is 11.8 Å². The Morgan fingerprint density at radius 2 is 1.81 bits per heavy atom. The summed E-state index contributed by atoms with van der Waals surface area (Å²) in [7, 11) is 0. The molecule has 0 saturated carbocycles. The number of carbonyl (C=O) groups excluding carboxylic acids is 2. The summed E-state index contributed by atoms with van der Waals surface area (Å²) in [5, 5.41) is 10.1. The van der Waals surface area contributed by atoms with Crippen molar-refractivity contribution in [1.82, 2.24) is 15.5 Å². The van der Waals surface area contributed by atoms with Crippen LogP contribution in [0.25, 0.3) is 10.9 Å². The third-order valence-corrected chi connectivity index (χ3v) is 4.05. The lowest BCUT2D eigenvalue weighted by Crippen LogP contribution is -2.37. The highest BCUT2D eigenvalue weighted by Gasteiger charge is 2.23. The van der Waals surface area contributed by atoms with Crippen LogP contribution in [0.15, 0.2) is 48.5 Å². The predicted molar refractivity (Wildman–Crippen MR) is 93.9 cm³/mol. The van der Waals surface area contributed by atoms with Gasteiger partial charge >= 0.3 is 5.97 Å². The van der Waals surface area contributed by atoms with Crippen molar-refractivity contribution in [2.45, 2.75) is 26.0 Å². The van der Waals surface area contributed by atoms with Gasteiger partial charge < -0.3 is 10.1 Å². The van der Waals surface area contributed by atoms with Gasteiger partial charge in [0, 0.05) is 5.39 Å². The van der Waals surface area contributed by atoms with Gasteiger partial charge in [0.2, 0.25) is 0 Å². The Balaban J connectivity index is 1.63. The molecular formula is C19H18FN3O3. The zero-order valence-electron chi connectivity index (χ0n) is 14.3. The summed E-state index contributed by atoms with van der Waals surface area (Å²) >= 11 is 0. The molecule has 2 atom stereocenters. The largest absolute Gasteiger partial charge is 0.448 e. The van der Waals surface area contributed by atoms with Gasteiger partial charge in [-0.3, -0.25) is 9.89 Å². The Hall–Kier alpha value is -3.22. The highest BCUT2D eigenvalue weighted by Crippen LogP contribution is 2.17. The van der Waals surface area contributed by atoms with E-state index in [1.54, 1.807) is 37.3 Å². The van der Waals surface area contributed by atoms with E-state index in [1.807, 2.05) is 6.07 Å². The number of hydrogen-bond donors (Lipinski definition) is 2. The van der Waals surface area contributed by atoms with Crippen LogP contribution in [0.4, 0.5) is 4.39 Å². The minimum absolute atomic E-state index is 0.131. The summed E-state index contributed by atoms with van der Waals surface area (Å²) in [5.74, 6) is -1.48. The van der Waals surface area contributed by atoms with Crippen LogP contribution in [-0.2, 0) is 9.53 Å². The van der Waals surface area contributed by atoms with Crippen LogP contribution in [0, 0.1) is 5.82 Å². The van der Waals surface area contributed by atoms with Crippen molar-refractivity contribution in [3.8, 4) is 0 Å². The number of ether oxygens (including phenoxy) is 1. The number of fused-ring (bicyclic) bond motifs is 1. The van der Waals surface area contributed by atoms with E-state index in [0.29, 0.717) is 10.9 Å². The second-order valence-electron chi connectivity index (χ2n) is 5.95. The molecule has 0 saturated heterocycles. The van der Waals surface area contributed by atoms with Crippen LogP contribution in [-0.4, -0.2) is 28.2 Å². The Bertz CT molecular complexity index is 937. The zero-order chi connectivity index (χ0) is 18.7. The number of halogens is 1. The van der Waals surface area contributed by atoms with Gasteiger partial charge in [0.1, 0.15) is 5.82 Å². The van der Waals surface area contributed by atoms with E-state index in [2.05, 4.69) is 15.5 Å². The number of nitrogens with zero attached hydrogens (tertiary/aromatic N) is 1. The molecule has 0 unspecified atom stereocenters. The quantitative estimate of drug-likeness (QED) is 0.689. The number of aromatic nitrogens is 2. The van der Waals surface area contributed by atoms with Crippen LogP contribution >= 0.6 is 0 Å². The molecule has 0 radical (unpaired) electrons. The molecule has 26 heavy (non-hydrogen) atoms. The molecule has 1 aromatic heterocycles. The highest BCUT2D eigenvalue weighted by molar-refractivity contribution is 6.02. The molecule has 2 N–H and O–H groups in total. The van der Waals surface area contributed by atoms with E-state index < -0.39 is 18.0 Å². The molecule has 0 aliphatic rings. The van der Waals surface area contributed by atoms with E-state index in [1.165, 1.54) is 19.1 Å². The Morgan fingerprint density at radius 3 is 2.54 bits per heavy atom. The van der Waals surface area contributed by atoms with E-state index in [4.69, 9.17) is 4.74 Å². The molecule has 0 aliphatic carbocycles. The number of H-pyrrole nitrogens is 1. The molecule has 1 amide bonds. The fraction of sp³-hybridized carbons (Fsp3) is 0.211. The number of nitrogens with one attached hydrogen (secondary N) is 2. The van der Waals surface area contributed by atoms with Gasteiger partial charge in [-0.1, -0.05) is 30.3 Å². The number of para-hydroxylation sites is 1. The van der Waals surface area contributed by atoms with Crippen molar-refractivity contribution < 1.29 is 18.7 Å². The summed E-state index contributed by atoms with van der Waals surface area (Å²) in [5.41, 5.74) is 1.59. The van der Waals surface area contributed by atoms with Crippen molar-refractivity contribution in [3.05, 3.63) is 65.6 Å². The lowest BCUT2D eigenvalue weighted by Gasteiger charge is -2.18. The van der Waals surface area contributed by atoms with Gasteiger partial charge in [-0.15, -0.1) is 0 Å². The number of rotatable bonds is 5. The molecule has 1 heterocycles. The van der Waals surface area contributed by atoms with Gasteiger partial charge in [-0.25, -0.2) is 9.18 Å². The number of amides is 1. The fourth-order valence-electron chi connectivity index (χ4n) is 2.55. The first-order valence-corrected chi connectivity index (χ1v) is 8.15. The van der Waals surface area contributed by atoms with Gasteiger partial charge in [-0.05, 0) is 37.6 Å². The molecule has 3 rings (SSSR count). The third-order valence-electron chi connectivity index (χ3n) is 4.05. The molecule has 3 aromatic rings. The van der Waals surface area contributed by atoms with Gasteiger partial charge in [-0.2, -0.15) is 5.10 Å². The van der Waals surface area contributed by atoms with Crippen molar-refractivity contribution in [2.24, 2.45) is 0 Å². The molecule has 6 nitrogen and oxygen atoms in total. The molecule has 0 fully saturated rings. The minimum atomic E-state index is -0.999. The normalized spacial score (nSPS) is 13.2. The van der Waals surface area contributed by atoms with Crippen LogP contribution in [0.2, 0.25) is 0 Å².